The molecule has 0 fully saturated rings. The molecule has 0 aliphatic carbocycles. The third-order valence-electron chi connectivity index (χ3n) is 4.88. The molecule has 0 spiro atoms. The predicted molar refractivity (Wildman–Crippen MR) is 117 cm³/mol. The molecule has 7 nitrogen and oxygen atoms in total. The molecular weight excluding hydrogens is 428 g/mol. The van der Waals surface area contributed by atoms with Crippen LogP contribution in [0, 0.1) is 11.6 Å². The number of hydrogen-bond acceptors (Lipinski definition) is 4. The highest BCUT2D eigenvalue weighted by Gasteiger charge is 2.22. The first-order valence-electron chi connectivity index (χ1n) is 10.1. The van der Waals surface area contributed by atoms with Gasteiger partial charge in [-0.15, -0.1) is 0 Å². The Balaban J connectivity index is 1.52. The van der Waals surface area contributed by atoms with Gasteiger partial charge in [-0.1, -0.05) is 24.3 Å². The highest BCUT2D eigenvalue weighted by Crippen LogP contribution is 2.20. The van der Waals surface area contributed by atoms with Crippen LogP contribution < -0.4 is 10.6 Å². The summed E-state index contributed by atoms with van der Waals surface area (Å²) >= 11 is 0. The third kappa shape index (κ3) is 5.45. The van der Waals surface area contributed by atoms with E-state index >= 15 is 0 Å². The minimum absolute atomic E-state index is 0.162. The van der Waals surface area contributed by atoms with Crippen molar-refractivity contribution in [3.05, 3.63) is 108 Å². The topological polar surface area (TPSA) is 88.9 Å². The van der Waals surface area contributed by atoms with Crippen molar-refractivity contribution in [1.29, 1.82) is 0 Å². The van der Waals surface area contributed by atoms with Gasteiger partial charge in [-0.2, -0.15) is 5.10 Å². The van der Waals surface area contributed by atoms with Crippen LogP contribution in [0.4, 0.5) is 14.6 Å². The Morgan fingerprint density at radius 2 is 1.61 bits per heavy atom. The Labute approximate surface area is 188 Å². The van der Waals surface area contributed by atoms with Crippen molar-refractivity contribution in [1.82, 2.24) is 20.1 Å². The Morgan fingerprint density at radius 1 is 0.879 bits per heavy atom. The zero-order valence-electron chi connectivity index (χ0n) is 17.3. The van der Waals surface area contributed by atoms with Gasteiger partial charge >= 0.3 is 11.8 Å². The van der Waals surface area contributed by atoms with Gasteiger partial charge in [0.05, 0.1) is 17.9 Å². The average Bonchev–Trinajstić information content (AvgIpc) is 3.27. The summed E-state index contributed by atoms with van der Waals surface area (Å²) < 4.78 is 28.9. The van der Waals surface area contributed by atoms with E-state index in [-0.39, 0.29) is 12.2 Å². The predicted octanol–water partition coefficient (Wildman–Crippen LogP) is 3.58. The fourth-order valence-electron chi connectivity index (χ4n) is 3.36. The normalized spacial score (nSPS) is 11.6. The molecule has 4 aromatic rings. The minimum atomic E-state index is -0.928. The van der Waals surface area contributed by atoms with E-state index in [2.05, 4.69) is 20.7 Å². The molecule has 0 saturated heterocycles. The molecule has 0 aliphatic rings. The number of pyridine rings is 1. The van der Waals surface area contributed by atoms with E-state index in [4.69, 9.17) is 0 Å². The quantitative estimate of drug-likeness (QED) is 0.442. The van der Waals surface area contributed by atoms with E-state index in [1.54, 1.807) is 48.8 Å². The maximum Gasteiger partial charge on any atom is 0.314 e. The smallest absolute Gasteiger partial charge is 0.314 e. The van der Waals surface area contributed by atoms with E-state index in [1.165, 1.54) is 41.2 Å². The number of nitrogens with zero attached hydrogens (tertiary/aromatic N) is 3. The van der Waals surface area contributed by atoms with Crippen molar-refractivity contribution in [3.8, 4) is 5.69 Å². The number of halogens is 2. The summed E-state index contributed by atoms with van der Waals surface area (Å²) in [6.07, 6.45) is 4.79. The molecule has 0 bridgehead atoms. The van der Waals surface area contributed by atoms with Gasteiger partial charge in [-0.25, -0.2) is 13.5 Å². The second-order valence-electron chi connectivity index (χ2n) is 7.20. The Bertz CT molecular complexity index is 1280. The van der Waals surface area contributed by atoms with Gasteiger partial charge in [0.2, 0.25) is 0 Å². The van der Waals surface area contributed by atoms with Crippen molar-refractivity contribution in [2.45, 2.75) is 12.5 Å². The van der Waals surface area contributed by atoms with Crippen LogP contribution in [0.1, 0.15) is 17.2 Å². The molecule has 2 N–H and O–H groups in total. The standard InChI is InChI=1S/C24H19F2N5O2/c25-18-5-1-3-16(13-18)14-21(17-4-2-6-19(26)15-17)29-23(32)24(33)30-22-9-12-28-31(22)20-7-10-27-11-8-20/h1-13,15,21H,14H2,(H,29,32)(H,30,33)/t21-/m1/s1. The SMILES string of the molecule is O=C(Nc1ccnn1-c1ccncc1)C(=O)N[C@H](Cc1cccc(F)c1)c1cccc(F)c1. The maximum atomic E-state index is 13.8. The van der Waals surface area contributed by atoms with Gasteiger partial charge in [-0.05, 0) is 53.9 Å². The molecule has 33 heavy (non-hydrogen) atoms. The van der Waals surface area contributed by atoms with Crippen LogP contribution in [-0.4, -0.2) is 26.6 Å². The number of carbonyl (C=O) groups excluding carboxylic acids is 2. The number of benzene rings is 2. The number of rotatable bonds is 6. The number of carbonyl (C=O) groups is 2. The molecule has 4 rings (SSSR count). The lowest BCUT2D eigenvalue weighted by molar-refractivity contribution is -0.136. The van der Waals surface area contributed by atoms with Crippen LogP contribution in [0.25, 0.3) is 5.69 Å². The van der Waals surface area contributed by atoms with E-state index in [0.29, 0.717) is 16.8 Å². The molecular formula is C24H19F2N5O2. The van der Waals surface area contributed by atoms with E-state index in [0.717, 1.165) is 0 Å². The van der Waals surface area contributed by atoms with Gasteiger partial charge in [0, 0.05) is 18.5 Å². The molecule has 0 radical (unpaired) electrons. The molecule has 166 valence electrons. The summed E-state index contributed by atoms with van der Waals surface area (Å²) in [5, 5.41) is 9.29. The van der Waals surface area contributed by atoms with E-state index in [1.807, 2.05) is 0 Å². The van der Waals surface area contributed by atoms with Crippen LogP contribution in [-0.2, 0) is 16.0 Å². The average molecular weight is 447 g/mol. The van der Waals surface area contributed by atoms with Gasteiger partial charge in [-0.3, -0.25) is 14.6 Å². The van der Waals surface area contributed by atoms with Crippen molar-refractivity contribution in [2.24, 2.45) is 0 Å². The van der Waals surface area contributed by atoms with Crippen LogP contribution in [0.5, 0.6) is 0 Å². The summed E-state index contributed by atoms with van der Waals surface area (Å²) in [4.78, 5) is 29.3. The largest absolute Gasteiger partial charge is 0.341 e. The molecule has 1 atom stereocenters. The Morgan fingerprint density at radius 3 is 2.33 bits per heavy atom. The van der Waals surface area contributed by atoms with Crippen molar-refractivity contribution in [3.63, 3.8) is 0 Å². The first kappa shape index (κ1) is 21.8. The van der Waals surface area contributed by atoms with Crippen molar-refractivity contribution in [2.75, 3.05) is 5.32 Å². The zero-order chi connectivity index (χ0) is 23.2. The first-order chi connectivity index (χ1) is 16.0. The fourth-order valence-corrected chi connectivity index (χ4v) is 3.36. The highest BCUT2D eigenvalue weighted by molar-refractivity contribution is 6.39. The number of anilines is 1. The summed E-state index contributed by atoms with van der Waals surface area (Å²) in [6, 6.07) is 15.7. The molecule has 0 saturated carbocycles. The van der Waals surface area contributed by atoms with Crippen LogP contribution >= 0.6 is 0 Å². The lowest BCUT2D eigenvalue weighted by atomic mass is 9.98. The molecule has 9 heteroatoms. The summed E-state index contributed by atoms with van der Waals surface area (Å²) in [5.74, 6) is -2.49. The van der Waals surface area contributed by atoms with Gasteiger partial charge in [0.25, 0.3) is 0 Å². The van der Waals surface area contributed by atoms with Gasteiger partial charge in [0.1, 0.15) is 17.5 Å². The second kappa shape index (κ2) is 9.82. The minimum Gasteiger partial charge on any atom is -0.341 e. The van der Waals surface area contributed by atoms with Crippen molar-refractivity contribution >= 4 is 17.6 Å². The monoisotopic (exact) mass is 447 g/mol. The maximum absolute atomic E-state index is 13.8. The van der Waals surface area contributed by atoms with Crippen LogP contribution in [0.15, 0.2) is 85.3 Å². The Kier molecular flexibility index (Phi) is 6.49. The number of aromatic nitrogens is 3. The summed E-state index contributed by atoms with van der Waals surface area (Å²) in [5.41, 5.74) is 1.68. The molecule has 2 amide bonds. The molecule has 2 heterocycles. The number of hydrogen-bond donors (Lipinski definition) is 2. The second-order valence-corrected chi connectivity index (χ2v) is 7.20. The van der Waals surface area contributed by atoms with Crippen LogP contribution in [0.3, 0.4) is 0 Å². The third-order valence-corrected chi connectivity index (χ3v) is 4.88. The van der Waals surface area contributed by atoms with Gasteiger partial charge < -0.3 is 10.6 Å². The van der Waals surface area contributed by atoms with E-state index < -0.39 is 29.5 Å². The highest BCUT2D eigenvalue weighted by atomic mass is 19.1. The lowest BCUT2D eigenvalue weighted by Gasteiger charge is -2.19. The Hall–Kier alpha value is -4.40. The van der Waals surface area contributed by atoms with Crippen molar-refractivity contribution < 1.29 is 18.4 Å². The zero-order valence-corrected chi connectivity index (χ0v) is 17.3. The molecule has 2 aromatic carbocycles. The first-order valence-corrected chi connectivity index (χ1v) is 10.1. The molecule has 0 aliphatic heterocycles. The fraction of sp³-hybridized carbons (Fsp3) is 0.0833. The summed E-state index contributed by atoms with van der Waals surface area (Å²) in [7, 11) is 0. The van der Waals surface area contributed by atoms with E-state index in [9.17, 15) is 18.4 Å². The molecule has 2 aromatic heterocycles. The van der Waals surface area contributed by atoms with Gasteiger partial charge in [0.15, 0.2) is 0 Å². The lowest BCUT2D eigenvalue weighted by Crippen LogP contribution is -2.39. The molecule has 0 unspecified atom stereocenters. The summed E-state index contributed by atoms with van der Waals surface area (Å²) in [6.45, 7) is 0. The number of nitrogens with one attached hydrogen (secondary N) is 2. The van der Waals surface area contributed by atoms with Crippen LogP contribution in [0.2, 0.25) is 0 Å². The number of amides is 2.